The van der Waals surface area contributed by atoms with Gasteiger partial charge < -0.3 is 5.32 Å². The number of carbonyl (C=O) groups is 1. The van der Waals surface area contributed by atoms with Crippen molar-refractivity contribution in [1.82, 2.24) is 14.8 Å². The minimum Gasteiger partial charge on any atom is -0.302 e. The lowest BCUT2D eigenvalue weighted by Crippen LogP contribution is -2.15. The van der Waals surface area contributed by atoms with E-state index in [-0.39, 0.29) is 5.91 Å². The third kappa shape index (κ3) is 3.80. The van der Waals surface area contributed by atoms with E-state index in [1.54, 1.807) is 0 Å². The first-order valence-corrected chi connectivity index (χ1v) is 9.10. The van der Waals surface area contributed by atoms with Crippen molar-refractivity contribution in [3.63, 3.8) is 0 Å². The minimum absolute atomic E-state index is 0.0167. The molecule has 1 amide bonds. The minimum atomic E-state index is -0.0167. The smallest absolute Gasteiger partial charge is 0.230 e. The molecule has 23 heavy (non-hydrogen) atoms. The highest BCUT2D eigenvalue weighted by atomic mass is 32.1. The predicted octanol–water partition coefficient (Wildman–Crippen LogP) is 3.67. The molecule has 6 heteroatoms. The number of anilines is 1. The van der Waals surface area contributed by atoms with E-state index in [1.165, 1.54) is 24.2 Å². The maximum atomic E-state index is 12.3. The summed E-state index contributed by atoms with van der Waals surface area (Å²) >= 11 is 1.51. The van der Waals surface area contributed by atoms with Gasteiger partial charge in [0, 0.05) is 29.1 Å². The second kappa shape index (κ2) is 6.43. The SMILES string of the molecule is Cc1nn(CC(C)C)c(C)c1CC(=O)Nc1nc(C2CC2)cs1. The van der Waals surface area contributed by atoms with E-state index in [1.807, 2.05) is 18.5 Å². The molecule has 0 bridgehead atoms. The van der Waals surface area contributed by atoms with Crippen LogP contribution in [-0.4, -0.2) is 20.7 Å². The standard InChI is InChI=1S/C17H24N4OS/c1-10(2)8-21-12(4)14(11(3)20-21)7-16(22)19-17-18-15(9-23-17)13-5-6-13/h9-10,13H,5-8H2,1-4H3,(H,18,19,22). The topological polar surface area (TPSA) is 59.8 Å². The van der Waals surface area contributed by atoms with Crippen LogP contribution in [0.25, 0.3) is 0 Å². The molecule has 2 heterocycles. The van der Waals surface area contributed by atoms with Gasteiger partial charge in [-0.2, -0.15) is 5.10 Å². The van der Waals surface area contributed by atoms with E-state index in [2.05, 4.69) is 34.6 Å². The third-order valence-electron chi connectivity index (χ3n) is 4.17. The maximum absolute atomic E-state index is 12.3. The van der Waals surface area contributed by atoms with Crippen LogP contribution in [0.15, 0.2) is 5.38 Å². The fraction of sp³-hybridized carbons (Fsp3) is 0.588. The summed E-state index contributed by atoms with van der Waals surface area (Å²) in [5.41, 5.74) is 4.19. The van der Waals surface area contributed by atoms with Gasteiger partial charge in [-0.1, -0.05) is 13.8 Å². The zero-order chi connectivity index (χ0) is 16.6. The highest BCUT2D eigenvalue weighted by Gasteiger charge is 2.26. The third-order valence-corrected chi connectivity index (χ3v) is 4.95. The number of hydrogen-bond donors (Lipinski definition) is 1. The number of nitrogens with zero attached hydrogens (tertiary/aromatic N) is 3. The number of rotatable bonds is 6. The number of amides is 1. The number of hydrogen-bond acceptors (Lipinski definition) is 4. The highest BCUT2D eigenvalue weighted by molar-refractivity contribution is 7.13. The Hall–Kier alpha value is -1.69. The molecule has 1 aliphatic rings. The molecular formula is C17H24N4OS. The van der Waals surface area contributed by atoms with Crippen molar-refractivity contribution in [3.05, 3.63) is 28.0 Å². The number of thiazole rings is 1. The zero-order valence-corrected chi connectivity index (χ0v) is 15.0. The van der Waals surface area contributed by atoms with Gasteiger partial charge in [0.15, 0.2) is 5.13 Å². The summed E-state index contributed by atoms with van der Waals surface area (Å²) in [6.45, 7) is 9.23. The fourth-order valence-corrected chi connectivity index (χ4v) is 3.56. The fourth-order valence-electron chi connectivity index (χ4n) is 2.75. The lowest BCUT2D eigenvalue weighted by atomic mass is 10.1. The van der Waals surface area contributed by atoms with Crippen molar-refractivity contribution >= 4 is 22.4 Å². The molecule has 0 atom stereocenters. The summed E-state index contributed by atoms with van der Waals surface area (Å²) in [4.78, 5) is 16.8. The van der Waals surface area contributed by atoms with Gasteiger partial charge in [-0.05, 0) is 32.6 Å². The number of aryl methyl sites for hydroxylation is 1. The second-order valence-corrected chi connectivity index (χ2v) is 7.66. The molecule has 0 saturated heterocycles. The van der Waals surface area contributed by atoms with Crippen molar-refractivity contribution in [2.75, 3.05) is 5.32 Å². The van der Waals surface area contributed by atoms with Crippen LogP contribution in [0, 0.1) is 19.8 Å². The normalized spacial score (nSPS) is 14.5. The Morgan fingerprint density at radius 3 is 2.83 bits per heavy atom. The Bertz CT molecular complexity index is 712. The maximum Gasteiger partial charge on any atom is 0.230 e. The Morgan fingerprint density at radius 1 is 1.43 bits per heavy atom. The molecule has 0 aromatic carbocycles. The van der Waals surface area contributed by atoms with Crippen LogP contribution in [0.2, 0.25) is 0 Å². The molecule has 5 nitrogen and oxygen atoms in total. The quantitative estimate of drug-likeness (QED) is 0.878. The first kappa shape index (κ1) is 16.2. The summed E-state index contributed by atoms with van der Waals surface area (Å²) in [7, 11) is 0. The van der Waals surface area contributed by atoms with Gasteiger partial charge in [-0.15, -0.1) is 11.3 Å². The Kier molecular flexibility index (Phi) is 4.53. The van der Waals surface area contributed by atoms with Gasteiger partial charge in [0.1, 0.15) is 0 Å². The Balaban J connectivity index is 1.65. The summed E-state index contributed by atoms with van der Waals surface area (Å²) in [6, 6.07) is 0. The molecule has 0 radical (unpaired) electrons. The van der Waals surface area contributed by atoms with E-state index in [4.69, 9.17) is 0 Å². The van der Waals surface area contributed by atoms with Crippen LogP contribution in [0.3, 0.4) is 0 Å². The molecule has 1 saturated carbocycles. The van der Waals surface area contributed by atoms with Gasteiger partial charge in [-0.3, -0.25) is 9.48 Å². The Morgan fingerprint density at radius 2 is 2.17 bits per heavy atom. The number of carbonyl (C=O) groups excluding carboxylic acids is 1. The van der Waals surface area contributed by atoms with Crippen LogP contribution >= 0.6 is 11.3 Å². The van der Waals surface area contributed by atoms with Crippen LogP contribution in [0.5, 0.6) is 0 Å². The lowest BCUT2D eigenvalue weighted by molar-refractivity contribution is -0.115. The van der Waals surface area contributed by atoms with Crippen molar-refractivity contribution < 1.29 is 4.79 Å². The lowest BCUT2D eigenvalue weighted by Gasteiger charge is -2.08. The largest absolute Gasteiger partial charge is 0.302 e. The van der Waals surface area contributed by atoms with Crippen LogP contribution < -0.4 is 5.32 Å². The molecule has 0 aliphatic heterocycles. The average Bonchev–Trinajstić information content (AvgIpc) is 3.17. The van der Waals surface area contributed by atoms with E-state index >= 15 is 0 Å². The van der Waals surface area contributed by atoms with E-state index in [0.717, 1.165) is 29.2 Å². The number of aromatic nitrogens is 3. The Labute approximate surface area is 141 Å². The summed E-state index contributed by atoms with van der Waals surface area (Å²) in [5, 5.41) is 10.3. The van der Waals surface area contributed by atoms with Crippen molar-refractivity contribution in [2.24, 2.45) is 5.92 Å². The first-order chi connectivity index (χ1) is 10.9. The van der Waals surface area contributed by atoms with Crippen molar-refractivity contribution in [1.29, 1.82) is 0 Å². The first-order valence-electron chi connectivity index (χ1n) is 8.22. The van der Waals surface area contributed by atoms with Gasteiger partial charge in [0.05, 0.1) is 17.8 Å². The predicted molar refractivity (Wildman–Crippen MR) is 93.0 cm³/mol. The summed E-state index contributed by atoms with van der Waals surface area (Å²) in [5.74, 6) is 1.14. The molecule has 0 unspecified atom stereocenters. The van der Waals surface area contributed by atoms with Crippen LogP contribution in [-0.2, 0) is 17.8 Å². The average molecular weight is 332 g/mol. The molecule has 2 aromatic rings. The van der Waals surface area contributed by atoms with Crippen molar-refractivity contribution in [3.8, 4) is 0 Å². The van der Waals surface area contributed by atoms with Gasteiger partial charge in [-0.25, -0.2) is 4.98 Å². The van der Waals surface area contributed by atoms with E-state index in [9.17, 15) is 4.79 Å². The van der Waals surface area contributed by atoms with E-state index < -0.39 is 0 Å². The molecule has 1 aliphatic carbocycles. The monoisotopic (exact) mass is 332 g/mol. The molecule has 2 aromatic heterocycles. The van der Waals surface area contributed by atoms with Gasteiger partial charge in [0.25, 0.3) is 0 Å². The zero-order valence-electron chi connectivity index (χ0n) is 14.2. The summed E-state index contributed by atoms with van der Waals surface area (Å²) in [6.07, 6.45) is 2.81. The molecule has 1 N–H and O–H groups in total. The molecule has 124 valence electrons. The molecule has 0 spiro atoms. The van der Waals surface area contributed by atoms with E-state index in [0.29, 0.717) is 23.4 Å². The van der Waals surface area contributed by atoms with Gasteiger partial charge >= 0.3 is 0 Å². The summed E-state index contributed by atoms with van der Waals surface area (Å²) < 4.78 is 2.01. The van der Waals surface area contributed by atoms with Crippen LogP contribution in [0.1, 0.15) is 55.3 Å². The molecule has 1 fully saturated rings. The van der Waals surface area contributed by atoms with Crippen LogP contribution in [0.4, 0.5) is 5.13 Å². The number of nitrogens with one attached hydrogen (secondary N) is 1. The second-order valence-electron chi connectivity index (χ2n) is 6.80. The molecular weight excluding hydrogens is 308 g/mol. The van der Waals surface area contributed by atoms with Gasteiger partial charge in [0.2, 0.25) is 5.91 Å². The molecule has 3 rings (SSSR count). The van der Waals surface area contributed by atoms with Crippen molar-refractivity contribution in [2.45, 2.75) is 59.4 Å². The highest BCUT2D eigenvalue weighted by Crippen LogP contribution is 2.40.